The maximum Gasteiger partial charge on any atom is 0.244 e. The summed E-state index contributed by atoms with van der Waals surface area (Å²) in [6.07, 6.45) is 6.15. The van der Waals surface area contributed by atoms with Gasteiger partial charge in [0.1, 0.15) is 0 Å². The molecule has 0 atom stereocenters. The number of hydrogen-bond acceptors (Lipinski definition) is 4. The predicted molar refractivity (Wildman–Crippen MR) is 72.1 cm³/mol. The highest BCUT2D eigenvalue weighted by Gasteiger charge is 2.53. The normalized spacial score (nSPS) is 17.6. The number of carbonyl (C=O) groups is 1. The van der Waals surface area contributed by atoms with E-state index in [1.54, 1.807) is 25.5 Å². The second-order valence-corrected chi connectivity index (χ2v) is 7.47. The van der Waals surface area contributed by atoms with Crippen LogP contribution in [0.3, 0.4) is 0 Å². The van der Waals surface area contributed by atoms with Crippen molar-refractivity contribution in [2.75, 3.05) is 13.3 Å². The van der Waals surface area contributed by atoms with E-state index < -0.39 is 14.6 Å². The van der Waals surface area contributed by atoms with E-state index in [-0.39, 0.29) is 5.91 Å². The molecule has 104 valence electrons. The largest absolute Gasteiger partial charge is 0.340 e. The molecule has 1 amide bonds. The van der Waals surface area contributed by atoms with E-state index in [4.69, 9.17) is 0 Å². The highest BCUT2D eigenvalue weighted by atomic mass is 32.2. The van der Waals surface area contributed by atoms with Crippen molar-refractivity contribution in [1.29, 1.82) is 0 Å². The Balaban J connectivity index is 2.16. The van der Waals surface area contributed by atoms with Crippen LogP contribution >= 0.6 is 0 Å². The molecule has 0 N–H and O–H groups in total. The third-order valence-electron chi connectivity index (χ3n) is 3.75. The van der Waals surface area contributed by atoms with E-state index in [0.717, 1.165) is 18.2 Å². The van der Waals surface area contributed by atoms with Gasteiger partial charge >= 0.3 is 0 Å². The van der Waals surface area contributed by atoms with Crippen LogP contribution in [0.1, 0.15) is 24.8 Å². The first kappa shape index (κ1) is 14.0. The summed E-state index contributed by atoms with van der Waals surface area (Å²) in [6.45, 7) is 0.379. The first-order valence-electron chi connectivity index (χ1n) is 6.21. The molecule has 1 aromatic heterocycles. The Morgan fingerprint density at radius 3 is 2.58 bits per heavy atom. The van der Waals surface area contributed by atoms with Crippen molar-refractivity contribution in [2.24, 2.45) is 0 Å². The lowest BCUT2D eigenvalue weighted by molar-refractivity contribution is -0.135. The van der Waals surface area contributed by atoms with Crippen LogP contribution in [-0.4, -0.2) is 42.3 Å². The SMILES string of the molecule is CN(Cc1cccnc1)C(=O)C1(S(C)(=O)=O)CCC1. The summed E-state index contributed by atoms with van der Waals surface area (Å²) in [5, 5.41) is 0. The minimum absolute atomic E-state index is 0.301. The number of rotatable bonds is 4. The summed E-state index contributed by atoms with van der Waals surface area (Å²) < 4.78 is 22.6. The maximum atomic E-state index is 12.4. The van der Waals surface area contributed by atoms with Crippen molar-refractivity contribution in [3.8, 4) is 0 Å². The molecule has 1 heterocycles. The van der Waals surface area contributed by atoms with Gasteiger partial charge in [0.15, 0.2) is 14.6 Å². The number of nitrogens with zero attached hydrogens (tertiary/aromatic N) is 2. The molecule has 1 aliphatic rings. The van der Waals surface area contributed by atoms with Gasteiger partial charge in [0, 0.05) is 32.2 Å². The Labute approximate surface area is 113 Å². The summed E-state index contributed by atoms with van der Waals surface area (Å²) in [6, 6.07) is 3.66. The van der Waals surface area contributed by atoms with E-state index in [9.17, 15) is 13.2 Å². The third kappa shape index (κ3) is 2.49. The van der Waals surface area contributed by atoms with E-state index in [1.807, 2.05) is 6.07 Å². The molecule has 0 saturated heterocycles. The van der Waals surface area contributed by atoms with Gasteiger partial charge in [-0.3, -0.25) is 9.78 Å². The molecule has 0 radical (unpaired) electrons. The van der Waals surface area contributed by atoms with Crippen LogP contribution < -0.4 is 0 Å². The fourth-order valence-corrected chi connectivity index (χ4v) is 3.93. The zero-order chi connectivity index (χ0) is 14.1. The average Bonchev–Trinajstić information content (AvgIpc) is 2.26. The molecule has 6 heteroatoms. The molecular weight excluding hydrogens is 264 g/mol. The number of sulfone groups is 1. The van der Waals surface area contributed by atoms with Gasteiger partial charge in [0.2, 0.25) is 5.91 Å². The standard InChI is InChI=1S/C13H18N2O3S/c1-15(10-11-5-3-8-14-9-11)12(16)13(6-4-7-13)19(2,17)18/h3,5,8-9H,4,6-7,10H2,1-2H3. The van der Waals surface area contributed by atoms with Crippen molar-refractivity contribution >= 4 is 15.7 Å². The summed E-state index contributed by atoms with van der Waals surface area (Å²) >= 11 is 0. The Bertz CT molecular complexity index is 565. The third-order valence-corrected chi connectivity index (χ3v) is 5.75. The predicted octanol–water partition coefficient (Wildman–Crippen LogP) is 1.01. The fourth-order valence-electron chi connectivity index (χ4n) is 2.43. The number of aromatic nitrogens is 1. The molecule has 1 fully saturated rings. The summed E-state index contributed by atoms with van der Waals surface area (Å²) in [4.78, 5) is 17.9. The van der Waals surface area contributed by atoms with E-state index in [0.29, 0.717) is 19.4 Å². The van der Waals surface area contributed by atoms with Crippen molar-refractivity contribution in [2.45, 2.75) is 30.6 Å². The lowest BCUT2D eigenvalue weighted by Gasteiger charge is -2.40. The molecule has 19 heavy (non-hydrogen) atoms. The second-order valence-electron chi connectivity index (χ2n) is 5.14. The van der Waals surface area contributed by atoms with E-state index >= 15 is 0 Å². The molecule has 5 nitrogen and oxygen atoms in total. The first-order valence-corrected chi connectivity index (χ1v) is 8.10. The molecule has 0 unspecified atom stereocenters. The summed E-state index contributed by atoms with van der Waals surface area (Å²) in [5.74, 6) is -0.301. The van der Waals surface area contributed by atoms with E-state index in [1.165, 1.54) is 4.90 Å². The minimum Gasteiger partial charge on any atom is -0.340 e. The molecule has 1 saturated carbocycles. The molecule has 0 aromatic carbocycles. The van der Waals surface area contributed by atoms with Crippen LogP contribution in [-0.2, 0) is 21.2 Å². The fraction of sp³-hybridized carbons (Fsp3) is 0.538. The molecule has 1 aliphatic carbocycles. The van der Waals surface area contributed by atoms with Gasteiger partial charge in [-0.05, 0) is 30.9 Å². The first-order chi connectivity index (χ1) is 8.87. The van der Waals surface area contributed by atoms with Gasteiger partial charge in [-0.1, -0.05) is 6.07 Å². The average molecular weight is 282 g/mol. The Hall–Kier alpha value is -1.43. The highest BCUT2D eigenvalue weighted by Crippen LogP contribution is 2.40. The van der Waals surface area contributed by atoms with E-state index in [2.05, 4.69) is 4.98 Å². The second kappa shape index (κ2) is 4.92. The molecule has 0 aliphatic heterocycles. The van der Waals surface area contributed by atoms with Crippen LogP contribution in [0.5, 0.6) is 0 Å². The molecular formula is C13H18N2O3S. The number of hydrogen-bond donors (Lipinski definition) is 0. The summed E-state index contributed by atoms with van der Waals surface area (Å²) in [5.41, 5.74) is 0.890. The van der Waals surface area contributed by atoms with Crippen LogP contribution in [0, 0.1) is 0 Å². The molecule has 2 rings (SSSR count). The smallest absolute Gasteiger partial charge is 0.244 e. The Morgan fingerprint density at radius 1 is 1.47 bits per heavy atom. The summed E-state index contributed by atoms with van der Waals surface area (Å²) in [7, 11) is -1.73. The van der Waals surface area contributed by atoms with Crippen LogP contribution in [0.15, 0.2) is 24.5 Å². The monoisotopic (exact) mass is 282 g/mol. The van der Waals surface area contributed by atoms with Crippen LogP contribution in [0.25, 0.3) is 0 Å². The molecule has 0 bridgehead atoms. The van der Waals surface area contributed by atoms with Gasteiger partial charge in [0.05, 0.1) is 0 Å². The Kier molecular flexibility index (Phi) is 3.62. The Morgan fingerprint density at radius 2 is 2.16 bits per heavy atom. The zero-order valence-corrected chi connectivity index (χ0v) is 12.0. The van der Waals surface area contributed by atoms with Crippen LogP contribution in [0.2, 0.25) is 0 Å². The highest BCUT2D eigenvalue weighted by molar-refractivity contribution is 7.93. The number of carbonyl (C=O) groups excluding carboxylic acids is 1. The van der Waals surface area contributed by atoms with Crippen molar-refractivity contribution in [1.82, 2.24) is 9.88 Å². The minimum atomic E-state index is -3.37. The lowest BCUT2D eigenvalue weighted by Crippen LogP contribution is -2.56. The molecule has 0 spiro atoms. The maximum absolute atomic E-state index is 12.4. The topological polar surface area (TPSA) is 67.3 Å². The molecule has 1 aromatic rings. The van der Waals surface area contributed by atoms with Crippen molar-refractivity contribution in [3.05, 3.63) is 30.1 Å². The lowest BCUT2D eigenvalue weighted by atomic mass is 9.83. The van der Waals surface area contributed by atoms with Crippen LogP contribution in [0.4, 0.5) is 0 Å². The van der Waals surface area contributed by atoms with Gasteiger partial charge in [0.25, 0.3) is 0 Å². The van der Waals surface area contributed by atoms with Crippen molar-refractivity contribution in [3.63, 3.8) is 0 Å². The quantitative estimate of drug-likeness (QED) is 0.826. The number of pyridine rings is 1. The van der Waals surface area contributed by atoms with Crippen molar-refractivity contribution < 1.29 is 13.2 Å². The zero-order valence-electron chi connectivity index (χ0n) is 11.2. The van der Waals surface area contributed by atoms with Gasteiger partial charge in [-0.25, -0.2) is 8.42 Å². The number of amides is 1. The van der Waals surface area contributed by atoms with Gasteiger partial charge in [-0.15, -0.1) is 0 Å². The van der Waals surface area contributed by atoms with Gasteiger partial charge < -0.3 is 4.90 Å². The van der Waals surface area contributed by atoms with Gasteiger partial charge in [-0.2, -0.15) is 0 Å².